The molecule has 1 aliphatic rings. The van der Waals surface area contributed by atoms with Gasteiger partial charge in [0.2, 0.25) is 5.91 Å². The molecule has 2 heterocycles. The summed E-state index contributed by atoms with van der Waals surface area (Å²) < 4.78 is 0. The van der Waals surface area contributed by atoms with Crippen LogP contribution < -0.4 is 10.2 Å². The van der Waals surface area contributed by atoms with Gasteiger partial charge in [0.05, 0.1) is 17.1 Å². The van der Waals surface area contributed by atoms with Gasteiger partial charge in [-0.3, -0.25) is 9.69 Å². The number of benzene rings is 2. The van der Waals surface area contributed by atoms with E-state index in [-0.39, 0.29) is 5.91 Å². The highest BCUT2D eigenvalue weighted by molar-refractivity contribution is 5.89. The predicted octanol–water partition coefficient (Wildman–Crippen LogP) is 2.86. The number of carbonyl (C=O) groups is 1. The van der Waals surface area contributed by atoms with Crippen molar-refractivity contribution in [3.05, 3.63) is 78.5 Å². The molecule has 1 atom stereocenters. The number of nitriles is 1. The zero-order valence-corrected chi connectivity index (χ0v) is 17.9. The van der Waals surface area contributed by atoms with Crippen LogP contribution in [0.2, 0.25) is 0 Å². The van der Waals surface area contributed by atoms with Crippen LogP contribution in [0.1, 0.15) is 17.2 Å². The van der Waals surface area contributed by atoms with Crippen LogP contribution in [-0.2, 0) is 11.3 Å². The summed E-state index contributed by atoms with van der Waals surface area (Å²) in [5, 5.41) is 12.5. The average molecular weight is 427 g/mol. The Bertz CT molecular complexity index is 1130. The molecule has 1 fully saturated rings. The Morgan fingerprint density at radius 2 is 1.72 bits per heavy atom. The number of carbonyl (C=O) groups excluding carboxylic acids is 1. The summed E-state index contributed by atoms with van der Waals surface area (Å²) in [6, 6.07) is 20.1. The Labute approximate surface area is 188 Å². The molecule has 7 nitrogen and oxygen atoms in total. The van der Waals surface area contributed by atoms with Crippen molar-refractivity contribution < 1.29 is 4.79 Å². The molecule has 2 aromatic carbocycles. The molecule has 0 unspecified atom stereocenters. The molecule has 0 saturated carbocycles. The Morgan fingerprint density at radius 1 is 1.06 bits per heavy atom. The van der Waals surface area contributed by atoms with E-state index in [9.17, 15) is 10.1 Å². The first-order valence-electron chi connectivity index (χ1n) is 10.8. The van der Waals surface area contributed by atoms with E-state index in [4.69, 9.17) is 9.97 Å². The third kappa shape index (κ3) is 4.76. The lowest BCUT2D eigenvalue weighted by molar-refractivity contribution is -0.121. The fraction of sp³-hybridized carbons (Fsp3) is 0.280. The van der Waals surface area contributed by atoms with Crippen LogP contribution in [0, 0.1) is 11.3 Å². The molecule has 7 heteroatoms. The lowest BCUT2D eigenvalue weighted by Gasteiger charge is -2.36. The highest BCUT2D eigenvalue weighted by Crippen LogP contribution is 2.28. The summed E-state index contributed by atoms with van der Waals surface area (Å²) in [6.45, 7) is 8.04. The summed E-state index contributed by atoms with van der Waals surface area (Å²) in [7, 11) is 0. The summed E-state index contributed by atoms with van der Waals surface area (Å²) in [5.41, 5.74) is 3.12. The van der Waals surface area contributed by atoms with E-state index in [1.165, 1.54) is 5.56 Å². The quantitative estimate of drug-likeness (QED) is 0.585. The number of amides is 1. The molecule has 32 heavy (non-hydrogen) atoms. The van der Waals surface area contributed by atoms with Gasteiger partial charge in [0.15, 0.2) is 11.7 Å². The second-order valence-corrected chi connectivity index (χ2v) is 7.77. The number of nitrogens with one attached hydrogen (secondary N) is 1. The van der Waals surface area contributed by atoms with Gasteiger partial charge in [0.1, 0.15) is 5.69 Å². The first kappa shape index (κ1) is 21.5. The van der Waals surface area contributed by atoms with Gasteiger partial charge < -0.3 is 10.2 Å². The second-order valence-electron chi connectivity index (χ2n) is 7.77. The van der Waals surface area contributed by atoms with Crippen molar-refractivity contribution >= 4 is 22.8 Å². The van der Waals surface area contributed by atoms with Gasteiger partial charge in [0.25, 0.3) is 0 Å². The number of hydrogen-bond acceptors (Lipinski definition) is 6. The van der Waals surface area contributed by atoms with E-state index >= 15 is 0 Å². The van der Waals surface area contributed by atoms with Crippen molar-refractivity contribution in [1.29, 1.82) is 5.26 Å². The topological polar surface area (TPSA) is 85.1 Å². The summed E-state index contributed by atoms with van der Waals surface area (Å²) in [4.78, 5) is 26.8. The van der Waals surface area contributed by atoms with Gasteiger partial charge in [-0.05, 0) is 17.7 Å². The minimum atomic E-state index is -1.04. The van der Waals surface area contributed by atoms with Crippen LogP contribution in [0.15, 0.2) is 67.3 Å². The Kier molecular flexibility index (Phi) is 6.73. The fourth-order valence-electron chi connectivity index (χ4n) is 3.91. The monoisotopic (exact) mass is 426 g/mol. The molecule has 1 aliphatic heterocycles. The number of aromatic nitrogens is 2. The van der Waals surface area contributed by atoms with Crippen molar-refractivity contribution in [2.75, 3.05) is 37.6 Å². The largest absolute Gasteiger partial charge is 0.352 e. The smallest absolute Gasteiger partial charge is 0.243 e. The predicted molar refractivity (Wildman–Crippen MR) is 125 cm³/mol. The number of piperazine rings is 1. The minimum absolute atomic E-state index is 0.297. The van der Waals surface area contributed by atoms with Crippen LogP contribution >= 0.6 is 0 Å². The number of hydrogen-bond donors (Lipinski definition) is 1. The molecule has 4 rings (SSSR count). The molecule has 1 saturated heterocycles. The summed E-state index contributed by atoms with van der Waals surface area (Å²) >= 11 is 0. The summed E-state index contributed by atoms with van der Waals surface area (Å²) in [5.74, 6) is -0.811. The van der Waals surface area contributed by atoms with Gasteiger partial charge >= 0.3 is 0 Å². The third-order valence-corrected chi connectivity index (χ3v) is 5.58. The number of nitrogens with zero attached hydrogens (tertiary/aromatic N) is 5. The number of anilines is 1. The second kappa shape index (κ2) is 10.0. The zero-order valence-electron chi connectivity index (χ0n) is 17.9. The van der Waals surface area contributed by atoms with Crippen LogP contribution in [0.3, 0.4) is 0 Å². The first-order valence-corrected chi connectivity index (χ1v) is 10.8. The SMILES string of the molecule is C=CCNC(=O)[C@H](C#N)c1nc2ccccc2nc1N1CCN(Cc2ccccc2)CC1. The van der Waals surface area contributed by atoms with Crippen molar-refractivity contribution in [2.24, 2.45) is 0 Å². The van der Waals surface area contributed by atoms with Crippen molar-refractivity contribution in [3.8, 4) is 6.07 Å². The van der Waals surface area contributed by atoms with Crippen molar-refractivity contribution in [3.63, 3.8) is 0 Å². The van der Waals surface area contributed by atoms with E-state index in [0.29, 0.717) is 23.6 Å². The molecule has 3 aromatic rings. The number of rotatable bonds is 7. The van der Waals surface area contributed by atoms with Crippen molar-refractivity contribution in [2.45, 2.75) is 12.5 Å². The van der Waals surface area contributed by atoms with Crippen LogP contribution in [-0.4, -0.2) is 53.5 Å². The van der Waals surface area contributed by atoms with Gasteiger partial charge in [-0.2, -0.15) is 5.26 Å². The number of fused-ring (bicyclic) bond motifs is 1. The normalized spacial score (nSPS) is 15.2. The fourth-order valence-corrected chi connectivity index (χ4v) is 3.91. The standard InChI is InChI=1S/C25H26N6O/c1-2-12-27-25(32)20(17-26)23-24(29-22-11-7-6-10-21(22)28-23)31-15-13-30(14-16-31)18-19-8-4-3-5-9-19/h2-11,20H,1,12-16,18H2,(H,27,32)/t20-/m1/s1. The molecule has 1 N–H and O–H groups in total. The molecular formula is C25H26N6O. The van der Waals surface area contributed by atoms with E-state index in [1.807, 2.05) is 30.3 Å². The van der Waals surface area contributed by atoms with E-state index < -0.39 is 5.92 Å². The van der Waals surface area contributed by atoms with Crippen LogP contribution in [0.5, 0.6) is 0 Å². The highest BCUT2D eigenvalue weighted by Gasteiger charge is 2.30. The Morgan fingerprint density at radius 3 is 2.38 bits per heavy atom. The first-order chi connectivity index (χ1) is 15.7. The van der Waals surface area contributed by atoms with E-state index in [0.717, 1.165) is 38.2 Å². The number of para-hydroxylation sites is 2. The van der Waals surface area contributed by atoms with Crippen molar-refractivity contribution in [1.82, 2.24) is 20.2 Å². The molecule has 1 aromatic heterocycles. The highest BCUT2D eigenvalue weighted by atomic mass is 16.1. The minimum Gasteiger partial charge on any atom is -0.352 e. The van der Waals surface area contributed by atoms with Gasteiger partial charge in [-0.1, -0.05) is 48.5 Å². The molecule has 1 amide bonds. The van der Waals surface area contributed by atoms with E-state index in [2.05, 4.69) is 52.0 Å². The third-order valence-electron chi connectivity index (χ3n) is 5.58. The molecule has 0 spiro atoms. The Hall–Kier alpha value is -3.76. The molecule has 0 bridgehead atoms. The lowest BCUT2D eigenvalue weighted by atomic mass is 10.0. The van der Waals surface area contributed by atoms with Crippen LogP contribution in [0.4, 0.5) is 5.82 Å². The molecule has 162 valence electrons. The maximum atomic E-state index is 12.7. The molecular weight excluding hydrogens is 400 g/mol. The molecule has 0 radical (unpaired) electrons. The maximum Gasteiger partial charge on any atom is 0.243 e. The zero-order chi connectivity index (χ0) is 22.3. The van der Waals surface area contributed by atoms with E-state index in [1.54, 1.807) is 6.08 Å². The lowest BCUT2D eigenvalue weighted by Crippen LogP contribution is -2.47. The van der Waals surface area contributed by atoms with Gasteiger partial charge in [0, 0.05) is 39.3 Å². The Balaban J connectivity index is 1.60. The molecule has 0 aliphatic carbocycles. The average Bonchev–Trinajstić information content (AvgIpc) is 2.84. The van der Waals surface area contributed by atoms with Crippen LogP contribution in [0.25, 0.3) is 11.0 Å². The van der Waals surface area contributed by atoms with Gasteiger partial charge in [-0.15, -0.1) is 6.58 Å². The summed E-state index contributed by atoms with van der Waals surface area (Å²) in [6.07, 6.45) is 1.59. The van der Waals surface area contributed by atoms with Gasteiger partial charge in [-0.25, -0.2) is 9.97 Å². The maximum absolute atomic E-state index is 12.7.